The first kappa shape index (κ1) is 23.3. The van der Waals surface area contributed by atoms with Gasteiger partial charge in [-0.2, -0.15) is 0 Å². The van der Waals surface area contributed by atoms with E-state index in [1.54, 1.807) is 27.9 Å². The van der Waals surface area contributed by atoms with E-state index in [0.717, 1.165) is 11.3 Å². The Labute approximate surface area is 195 Å². The maximum atomic E-state index is 13.3. The summed E-state index contributed by atoms with van der Waals surface area (Å²) < 4.78 is 11.5. The monoisotopic (exact) mass is 455 g/mol. The number of benzene rings is 1. The zero-order valence-electron chi connectivity index (χ0n) is 19.3. The van der Waals surface area contributed by atoms with Crippen LogP contribution >= 0.6 is 0 Å². The van der Waals surface area contributed by atoms with Crippen molar-refractivity contribution in [3.63, 3.8) is 0 Å². The Kier molecular flexibility index (Phi) is 7.33. The van der Waals surface area contributed by atoms with E-state index in [4.69, 9.17) is 9.47 Å². The third-order valence-electron chi connectivity index (χ3n) is 6.52. The molecule has 1 aliphatic carbocycles. The van der Waals surface area contributed by atoms with Crippen LogP contribution in [-0.4, -0.2) is 85.0 Å². The summed E-state index contributed by atoms with van der Waals surface area (Å²) in [6, 6.07) is 7.65. The van der Waals surface area contributed by atoms with E-state index in [9.17, 15) is 14.4 Å². The van der Waals surface area contributed by atoms with Gasteiger partial charge in [0.2, 0.25) is 17.7 Å². The smallest absolute Gasteiger partial charge is 0.242 e. The molecule has 0 aromatic heterocycles. The van der Waals surface area contributed by atoms with Crippen LogP contribution in [0, 0.1) is 11.8 Å². The van der Waals surface area contributed by atoms with E-state index in [-0.39, 0.29) is 36.8 Å². The number of hydrogen-bond acceptors (Lipinski definition) is 5. The van der Waals surface area contributed by atoms with Crippen LogP contribution in [0.25, 0.3) is 0 Å². The van der Waals surface area contributed by atoms with E-state index in [2.05, 4.69) is 6.58 Å². The Morgan fingerprint density at radius 1 is 1.15 bits per heavy atom. The van der Waals surface area contributed by atoms with Crippen molar-refractivity contribution in [2.75, 3.05) is 46.4 Å². The van der Waals surface area contributed by atoms with Crippen LogP contribution in [-0.2, 0) is 25.7 Å². The largest absolute Gasteiger partial charge is 0.497 e. The molecule has 3 aliphatic rings. The second-order valence-corrected chi connectivity index (χ2v) is 9.23. The lowest BCUT2D eigenvalue weighted by atomic mass is 10.1. The van der Waals surface area contributed by atoms with Gasteiger partial charge in [0.15, 0.2) is 0 Å². The highest BCUT2D eigenvalue weighted by molar-refractivity contribution is 5.91. The summed E-state index contributed by atoms with van der Waals surface area (Å²) in [6.45, 7) is 6.35. The summed E-state index contributed by atoms with van der Waals surface area (Å²) in [5, 5.41) is 0. The maximum absolute atomic E-state index is 13.3. The number of carbonyl (C=O) groups is 3. The average molecular weight is 456 g/mol. The molecule has 1 saturated carbocycles. The Morgan fingerprint density at radius 2 is 1.97 bits per heavy atom. The van der Waals surface area contributed by atoms with Gasteiger partial charge in [-0.15, -0.1) is 6.58 Å². The first-order valence-corrected chi connectivity index (χ1v) is 11.7. The number of methoxy groups -OCH3 is 1. The Bertz CT molecular complexity index is 900. The lowest BCUT2D eigenvalue weighted by molar-refractivity contribution is -0.141. The van der Waals surface area contributed by atoms with Gasteiger partial charge in [-0.25, -0.2) is 0 Å². The maximum Gasteiger partial charge on any atom is 0.242 e. The van der Waals surface area contributed by atoms with Crippen LogP contribution in [0.15, 0.2) is 36.9 Å². The fourth-order valence-corrected chi connectivity index (χ4v) is 4.48. The molecule has 0 radical (unpaired) electrons. The van der Waals surface area contributed by atoms with Crippen LogP contribution in [0.3, 0.4) is 0 Å². The minimum absolute atomic E-state index is 0.00175. The molecule has 178 valence electrons. The molecule has 0 bridgehead atoms. The predicted octanol–water partition coefficient (Wildman–Crippen LogP) is 1.70. The number of rotatable bonds is 9. The van der Waals surface area contributed by atoms with Crippen molar-refractivity contribution in [3.8, 4) is 5.75 Å². The van der Waals surface area contributed by atoms with Gasteiger partial charge in [-0.05, 0) is 36.5 Å². The molecule has 3 amide bonds. The quantitative estimate of drug-likeness (QED) is 0.530. The summed E-state index contributed by atoms with van der Waals surface area (Å²) in [5.74, 6) is 0.584. The molecule has 4 rings (SSSR count). The second-order valence-electron chi connectivity index (χ2n) is 9.23. The minimum Gasteiger partial charge on any atom is -0.497 e. The zero-order valence-corrected chi connectivity index (χ0v) is 19.3. The van der Waals surface area contributed by atoms with Gasteiger partial charge in [-0.1, -0.05) is 18.2 Å². The number of nitrogens with zero attached hydrogens (tertiary/aromatic N) is 3. The molecule has 2 atom stereocenters. The topological polar surface area (TPSA) is 79.4 Å². The van der Waals surface area contributed by atoms with Crippen LogP contribution in [0.2, 0.25) is 0 Å². The van der Waals surface area contributed by atoms with Crippen molar-refractivity contribution in [3.05, 3.63) is 42.5 Å². The molecule has 0 spiro atoms. The SMILES string of the molecule is C=CCN1C[C@H](C(=O)N2CC(=O)N(Cc3cccc(OC)c3)C[C@H](OCC3CC3)C2)CC1=O. The summed E-state index contributed by atoms with van der Waals surface area (Å²) in [6.07, 6.45) is 3.93. The van der Waals surface area contributed by atoms with E-state index in [0.29, 0.717) is 45.2 Å². The number of carbonyl (C=O) groups excluding carboxylic acids is 3. The van der Waals surface area contributed by atoms with Crippen molar-refractivity contribution < 1.29 is 23.9 Å². The van der Waals surface area contributed by atoms with Gasteiger partial charge >= 0.3 is 0 Å². The molecule has 0 unspecified atom stereocenters. The molecule has 1 aromatic carbocycles. The molecule has 8 heteroatoms. The molecule has 3 fully saturated rings. The number of amides is 3. The van der Waals surface area contributed by atoms with Crippen LogP contribution in [0.5, 0.6) is 5.75 Å². The molecule has 8 nitrogen and oxygen atoms in total. The van der Waals surface area contributed by atoms with Gasteiger partial charge in [0.05, 0.1) is 25.7 Å². The Hall–Kier alpha value is -2.87. The lowest BCUT2D eigenvalue weighted by Crippen LogP contribution is -2.43. The second kappa shape index (κ2) is 10.4. The van der Waals surface area contributed by atoms with Gasteiger partial charge in [0, 0.05) is 45.8 Å². The van der Waals surface area contributed by atoms with Crippen molar-refractivity contribution in [2.24, 2.45) is 11.8 Å². The summed E-state index contributed by atoms with van der Waals surface area (Å²) in [5.41, 5.74) is 0.963. The van der Waals surface area contributed by atoms with Crippen molar-refractivity contribution >= 4 is 17.7 Å². The number of ether oxygens (including phenoxy) is 2. The normalized spacial score (nSPS) is 23.6. The molecule has 2 heterocycles. The van der Waals surface area contributed by atoms with E-state index < -0.39 is 5.92 Å². The fourth-order valence-electron chi connectivity index (χ4n) is 4.48. The Balaban J connectivity index is 1.47. The highest BCUT2D eigenvalue weighted by Crippen LogP contribution is 2.30. The van der Waals surface area contributed by atoms with Crippen molar-refractivity contribution in [1.29, 1.82) is 0 Å². The molecule has 0 N–H and O–H groups in total. The predicted molar refractivity (Wildman–Crippen MR) is 122 cm³/mol. The first-order chi connectivity index (χ1) is 16.0. The summed E-state index contributed by atoms with van der Waals surface area (Å²) in [7, 11) is 1.62. The molecular formula is C25H33N3O5. The van der Waals surface area contributed by atoms with E-state index in [1.165, 1.54) is 12.8 Å². The number of likely N-dealkylation sites (tertiary alicyclic amines) is 1. The highest BCUT2D eigenvalue weighted by atomic mass is 16.5. The third kappa shape index (κ3) is 5.93. The fraction of sp³-hybridized carbons (Fsp3) is 0.560. The summed E-state index contributed by atoms with van der Waals surface area (Å²) >= 11 is 0. The van der Waals surface area contributed by atoms with Crippen LogP contribution in [0.4, 0.5) is 0 Å². The third-order valence-corrected chi connectivity index (χ3v) is 6.52. The standard InChI is InChI=1S/C25H33N3O5/c1-3-9-26-13-20(11-23(26)29)25(31)28-15-22(33-17-18-7-8-18)14-27(24(30)16-28)12-19-5-4-6-21(10-19)32-2/h3-6,10,18,20,22H,1,7-9,11-17H2,2H3/t20-,22+/m1/s1. The molecule has 1 aromatic rings. The molecular weight excluding hydrogens is 422 g/mol. The van der Waals surface area contributed by atoms with E-state index in [1.807, 2.05) is 24.3 Å². The van der Waals surface area contributed by atoms with Gasteiger partial charge in [0.1, 0.15) is 5.75 Å². The van der Waals surface area contributed by atoms with Crippen LogP contribution < -0.4 is 4.74 Å². The van der Waals surface area contributed by atoms with Crippen molar-refractivity contribution in [2.45, 2.75) is 31.9 Å². The zero-order chi connectivity index (χ0) is 23.4. The number of hydrogen-bond donors (Lipinski definition) is 0. The average Bonchev–Trinajstić information content (AvgIpc) is 3.59. The molecule has 33 heavy (non-hydrogen) atoms. The minimum atomic E-state index is -0.431. The van der Waals surface area contributed by atoms with Crippen molar-refractivity contribution in [1.82, 2.24) is 14.7 Å². The van der Waals surface area contributed by atoms with Crippen LogP contribution in [0.1, 0.15) is 24.8 Å². The Morgan fingerprint density at radius 3 is 2.70 bits per heavy atom. The highest BCUT2D eigenvalue weighted by Gasteiger charge is 2.39. The van der Waals surface area contributed by atoms with Gasteiger partial charge in [0.25, 0.3) is 0 Å². The van der Waals surface area contributed by atoms with E-state index >= 15 is 0 Å². The van der Waals surface area contributed by atoms with Gasteiger partial charge in [-0.3, -0.25) is 14.4 Å². The lowest BCUT2D eigenvalue weighted by Gasteiger charge is -2.26. The molecule has 2 aliphatic heterocycles. The molecule has 2 saturated heterocycles. The first-order valence-electron chi connectivity index (χ1n) is 11.7. The summed E-state index contributed by atoms with van der Waals surface area (Å²) in [4.78, 5) is 43.8. The van der Waals surface area contributed by atoms with Gasteiger partial charge < -0.3 is 24.2 Å².